The Morgan fingerprint density at radius 1 is 1.20 bits per heavy atom. The van der Waals surface area contributed by atoms with E-state index in [0.29, 0.717) is 6.04 Å². The number of rotatable bonds is 4. The van der Waals surface area contributed by atoms with Crippen LogP contribution in [0.2, 0.25) is 0 Å². The molecule has 0 aromatic heterocycles. The van der Waals surface area contributed by atoms with Crippen LogP contribution in [0, 0.1) is 13.8 Å². The van der Waals surface area contributed by atoms with Gasteiger partial charge in [-0.3, -0.25) is 4.79 Å². The fraction of sp³-hybridized carbons (Fsp3) is 0.588. The van der Waals surface area contributed by atoms with Gasteiger partial charge in [-0.15, -0.1) is 11.8 Å². The van der Waals surface area contributed by atoms with E-state index >= 15 is 0 Å². The Hall–Kier alpha value is -0.960. The van der Waals surface area contributed by atoms with Crippen molar-refractivity contribution in [3.8, 4) is 0 Å². The molecular weight excluding hydrogens is 266 g/mol. The van der Waals surface area contributed by atoms with E-state index in [0.717, 1.165) is 12.8 Å². The largest absolute Gasteiger partial charge is 0.352 e. The highest BCUT2D eigenvalue weighted by atomic mass is 32.2. The number of carbonyl (C=O) groups excluding carboxylic acids is 1. The lowest BCUT2D eigenvalue weighted by atomic mass is 9.95. The Morgan fingerprint density at radius 3 is 2.55 bits per heavy atom. The van der Waals surface area contributed by atoms with E-state index in [2.05, 4.69) is 37.4 Å². The maximum Gasteiger partial charge on any atom is 0.233 e. The lowest BCUT2D eigenvalue weighted by Gasteiger charge is -2.24. The molecule has 1 amide bonds. The predicted octanol–water partition coefficient (Wildman–Crippen LogP) is 4.23. The Balaban J connectivity index is 1.88. The molecule has 1 aromatic rings. The highest BCUT2D eigenvalue weighted by Crippen LogP contribution is 2.26. The van der Waals surface area contributed by atoms with Crippen LogP contribution >= 0.6 is 11.8 Å². The van der Waals surface area contributed by atoms with Gasteiger partial charge in [-0.2, -0.15) is 0 Å². The van der Waals surface area contributed by atoms with Gasteiger partial charge >= 0.3 is 0 Å². The van der Waals surface area contributed by atoms with Gasteiger partial charge in [0.05, 0.1) is 5.25 Å². The highest BCUT2D eigenvalue weighted by molar-refractivity contribution is 8.00. The van der Waals surface area contributed by atoms with Crippen LogP contribution in [-0.2, 0) is 4.79 Å². The lowest BCUT2D eigenvalue weighted by Crippen LogP contribution is -2.40. The number of aryl methyl sites for hydroxylation is 2. The van der Waals surface area contributed by atoms with E-state index in [9.17, 15) is 4.79 Å². The van der Waals surface area contributed by atoms with E-state index in [-0.39, 0.29) is 11.2 Å². The molecule has 1 atom stereocenters. The molecule has 0 heterocycles. The number of hydrogen-bond acceptors (Lipinski definition) is 2. The van der Waals surface area contributed by atoms with Crippen molar-refractivity contribution in [2.24, 2.45) is 0 Å². The standard InChI is InChI=1S/C17H25NOS/c1-12-9-10-16(11-13(12)2)20-14(3)17(19)18-15-7-5-4-6-8-15/h9-11,14-15H,4-8H2,1-3H3,(H,18,19). The Labute approximate surface area is 126 Å². The molecule has 0 saturated heterocycles. The molecule has 110 valence electrons. The van der Waals surface area contributed by atoms with Gasteiger partial charge in [-0.25, -0.2) is 0 Å². The normalized spacial score (nSPS) is 17.8. The number of thioether (sulfide) groups is 1. The zero-order valence-corrected chi connectivity index (χ0v) is 13.6. The number of amides is 1. The average Bonchev–Trinajstić information content (AvgIpc) is 2.44. The molecule has 1 fully saturated rings. The van der Waals surface area contributed by atoms with E-state index in [1.165, 1.54) is 35.3 Å². The molecule has 2 rings (SSSR count). The summed E-state index contributed by atoms with van der Waals surface area (Å²) in [4.78, 5) is 13.4. The van der Waals surface area contributed by atoms with Crippen molar-refractivity contribution in [3.63, 3.8) is 0 Å². The minimum atomic E-state index is -0.0287. The highest BCUT2D eigenvalue weighted by Gasteiger charge is 2.20. The van der Waals surface area contributed by atoms with Crippen LogP contribution in [0.25, 0.3) is 0 Å². The fourth-order valence-electron chi connectivity index (χ4n) is 2.61. The molecule has 0 aliphatic heterocycles. The summed E-state index contributed by atoms with van der Waals surface area (Å²) < 4.78 is 0. The van der Waals surface area contributed by atoms with Gasteiger partial charge in [0.1, 0.15) is 0 Å². The predicted molar refractivity (Wildman–Crippen MR) is 86.3 cm³/mol. The van der Waals surface area contributed by atoms with Crippen molar-refractivity contribution >= 4 is 17.7 Å². The van der Waals surface area contributed by atoms with Crippen LogP contribution in [-0.4, -0.2) is 17.2 Å². The SMILES string of the molecule is Cc1ccc(SC(C)C(=O)NC2CCCCC2)cc1C. The first kappa shape index (κ1) is 15.4. The van der Waals surface area contributed by atoms with E-state index in [1.807, 2.05) is 6.92 Å². The Morgan fingerprint density at radius 2 is 1.90 bits per heavy atom. The number of benzene rings is 1. The summed E-state index contributed by atoms with van der Waals surface area (Å²) in [5, 5.41) is 3.18. The van der Waals surface area contributed by atoms with Gasteiger partial charge < -0.3 is 5.32 Å². The lowest BCUT2D eigenvalue weighted by molar-refractivity contribution is -0.121. The first-order chi connectivity index (χ1) is 9.56. The van der Waals surface area contributed by atoms with Crippen molar-refractivity contribution in [1.82, 2.24) is 5.32 Å². The maximum atomic E-state index is 12.2. The molecule has 2 nitrogen and oxygen atoms in total. The molecule has 0 spiro atoms. The van der Waals surface area contributed by atoms with Gasteiger partial charge in [0.15, 0.2) is 0 Å². The Kier molecular flexibility index (Phi) is 5.53. The second-order valence-electron chi connectivity index (χ2n) is 5.85. The molecule has 1 saturated carbocycles. The monoisotopic (exact) mass is 291 g/mol. The molecule has 3 heteroatoms. The third kappa shape index (κ3) is 4.27. The summed E-state index contributed by atoms with van der Waals surface area (Å²) in [6, 6.07) is 6.81. The van der Waals surface area contributed by atoms with Crippen molar-refractivity contribution in [1.29, 1.82) is 0 Å². The van der Waals surface area contributed by atoms with Crippen molar-refractivity contribution in [2.75, 3.05) is 0 Å². The van der Waals surface area contributed by atoms with Crippen molar-refractivity contribution in [2.45, 2.75) is 69.1 Å². The number of nitrogens with one attached hydrogen (secondary N) is 1. The fourth-order valence-corrected chi connectivity index (χ4v) is 3.59. The van der Waals surface area contributed by atoms with Crippen molar-refractivity contribution < 1.29 is 4.79 Å². The molecule has 1 aromatic carbocycles. The third-order valence-corrected chi connectivity index (χ3v) is 5.21. The van der Waals surface area contributed by atoms with E-state index in [1.54, 1.807) is 11.8 Å². The first-order valence-electron chi connectivity index (χ1n) is 7.60. The zero-order chi connectivity index (χ0) is 14.5. The van der Waals surface area contributed by atoms with Crippen LogP contribution in [0.4, 0.5) is 0 Å². The zero-order valence-electron chi connectivity index (χ0n) is 12.7. The third-order valence-electron chi connectivity index (χ3n) is 4.11. The molecule has 0 bridgehead atoms. The van der Waals surface area contributed by atoms with Crippen LogP contribution in [0.1, 0.15) is 50.2 Å². The number of hydrogen-bond donors (Lipinski definition) is 1. The van der Waals surface area contributed by atoms with E-state index in [4.69, 9.17) is 0 Å². The minimum Gasteiger partial charge on any atom is -0.352 e. The molecular formula is C17H25NOS. The quantitative estimate of drug-likeness (QED) is 0.841. The van der Waals surface area contributed by atoms with Gasteiger partial charge in [0.2, 0.25) is 5.91 Å². The maximum absolute atomic E-state index is 12.2. The molecule has 1 N–H and O–H groups in total. The summed E-state index contributed by atoms with van der Waals surface area (Å²) in [5.74, 6) is 0.181. The molecule has 1 aliphatic rings. The van der Waals surface area contributed by atoms with Gasteiger partial charge in [-0.1, -0.05) is 25.3 Å². The van der Waals surface area contributed by atoms with E-state index < -0.39 is 0 Å². The second kappa shape index (κ2) is 7.16. The van der Waals surface area contributed by atoms with Gasteiger partial charge in [-0.05, 0) is 56.9 Å². The minimum absolute atomic E-state index is 0.0287. The van der Waals surface area contributed by atoms with Gasteiger partial charge in [0, 0.05) is 10.9 Å². The second-order valence-corrected chi connectivity index (χ2v) is 7.26. The molecule has 0 radical (unpaired) electrons. The van der Waals surface area contributed by atoms with Crippen LogP contribution in [0.3, 0.4) is 0 Å². The van der Waals surface area contributed by atoms with Gasteiger partial charge in [0.25, 0.3) is 0 Å². The summed E-state index contributed by atoms with van der Waals surface area (Å²) in [5.41, 5.74) is 2.59. The summed E-state index contributed by atoms with van der Waals surface area (Å²) >= 11 is 1.65. The average molecular weight is 291 g/mol. The summed E-state index contributed by atoms with van der Waals surface area (Å²) in [6.07, 6.45) is 6.12. The van der Waals surface area contributed by atoms with Crippen LogP contribution in [0.5, 0.6) is 0 Å². The number of carbonyl (C=O) groups is 1. The Bertz CT molecular complexity index is 466. The molecule has 1 aliphatic carbocycles. The molecule has 1 unspecified atom stereocenters. The summed E-state index contributed by atoms with van der Waals surface area (Å²) in [7, 11) is 0. The topological polar surface area (TPSA) is 29.1 Å². The smallest absolute Gasteiger partial charge is 0.233 e. The molecule has 20 heavy (non-hydrogen) atoms. The van der Waals surface area contributed by atoms with Crippen LogP contribution in [0.15, 0.2) is 23.1 Å². The summed E-state index contributed by atoms with van der Waals surface area (Å²) in [6.45, 7) is 6.23. The first-order valence-corrected chi connectivity index (χ1v) is 8.48. The van der Waals surface area contributed by atoms with Crippen LogP contribution < -0.4 is 5.32 Å². The van der Waals surface area contributed by atoms with Crippen molar-refractivity contribution in [3.05, 3.63) is 29.3 Å².